The first-order valence-corrected chi connectivity index (χ1v) is 8.18. The number of carbonyl (C=O) groups is 1. The average molecular weight is 312 g/mol. The van der Waals surface area contributed by atoms with E-state index in [0.29, 0.717) is 19.5 Å². The van der Waals surface area contributed by atoms with E-state index in [1.54, 1.807) is 7.05 Å². The molecule has 21 heavy (non-hydrogen) atoms. The average Bonchev–Trinajstić information content (AvgIpc) is 2.98. The maximum atomic E-state index is 12.5. The van der Waals surface area contributed by atoms with Gasteiger partial charge in [0.1, 0.15) is 0 Å². The fraction of sp³-hybridized carbons (Fsp3) is 0.500. The Morgan fingerprint density at radius 2 is 2.05 bits per heavy atom. The highest BCUT2D eigenvalue weighted by Crippen LogP contribution is 2.22. The molecule has 1 aliphatic rings. The number of hydrogen-bond donors (Lipinski definition) is 0. The van der Waals surface area contributed by atoms with Crippen LogP contribution in [0.15, 0.2) is 30.3 Å². The Kier molecular flexibility index (Phi) is 4.97. The second kappa shape index (κ2) is 6.55. The topological polar surface area (TPSA) is 66.9 Å². The molecule has 0 saturated carbocycles. The minimum Gasteiger partial charge on any atom is -0.469 e. The number of hydrogen-bond acceptors (Lipinski definition) is 4. The zero-order chi connectivity index (χ0) is 15.5. The molecule has 1 aromatic carbocycles. The number of carbonyl (C=O) groups excluding carboxylic acids is 1. The lowest BCUT2D eigenvalue weighted by molar-refractivity contribution is -0.144. The zero-order valence-corrected chi connectivity index (χ0v) is 13.0. The Bertz CT molecular complexity index is 588. The number of ether oxygens (including phenoxy) is 1. The third-order valence-electron chi connectivity index (χ3n) is 3.65. The van der Waals surface area contributed by atoms with Gasteiger partial charge in [-0.2, -0.15) is 17.0 Å². The lowest BCUT2D eigenvalue weighted by Crippen LogP contribution is -2.40. The van der Waals surface area contributed by atoms with Crippen molar-refractivity contribution in [3.63, 3.8) is 0 Å². The van der Waals surface area contributed by atoms with E-state index < -0.39 is 10.2 Å². The van der Waals surface area contributed by atoms with Crippen LogP contribution in [0.3, 0.4) is 0 Å². The molecule has 1 fully saturated rings. The first-order chi connectivity index (χ1) is 9.95. The van der Waals surface area contributed by atoms with Crippen molar-refractivity contribution < 1.29 is 17.9 Å². The van der Waals surface area contributed by atoms with Crippen LogP contribution in [0.5, 0.6) is 0 Å². The van der Waals surface area contributed by atoms with Gasteiger partial charge in [0.2, 0.25) is 0 Å². The van der Waals surface area contributed by atoms with Gasteiger partial charge in [-0.15, -0.1) is 0 Å². The Balaban J connectivity index is 2.03. The quantitative estimate of drug-likeness (QED) is 0.756. The summed E-state index contributed by atoms with van der Waals surface area (Å²) >= 11 is 0. The molecule has 0 spiro atoms. The number of rotatable bonds is 5. The van der Waals surface area contributed by atoms with Gasteiger partial charge < -0.3 is 4.74 Å². The summed E-state index contributed by atoms with van der Waals surface area (Å²) in [5, 5.41) is 0. The van der Waals surface area contributed by atoms with E-state index in [1.165, 1.54) is 15.7 Å². The maximum absolute atomic E-state index is 12.5. The van der Waals surface area contributed by atoms with E-state index in [4.69, 9.17) is 0 Å². The smallest absolute Gasteiger partial charge is 0.310 e. The molecule has 0 amide bonds. The van der Waals surface area contributed by atoms with Crippen molar-refractivity contribution in [1.82, 2.24) is 8.61 Å². The van der Waals surface area contributed by atoms with E-state index in [9.17, 15) is 13.2 Å². The largest absolute Gasteiger partial charge is 0.469 e. The van der Waals surface area contributed by atoms with E-state index >= 15 is 0 Å². The van der Waals surface area contributed by atoms with Crippen LogP contribution in [0.4, 0.5) is 0 Å². The lowest BCUT2D eigenvalue weighted by atomic mass is 10.1. The normalized spacial score (nSPS) is 19.9. The number of methoxy groups -OCH3 is 1. The van der Waals surface area contributed by atoms with Crippen molar-refractivity contribution in [1.29, 1.82) is 0 Å². The van der Waals surface area contributed by atoms with Crippen LogP contribution in [0.2, 0.25) is 0 Å². The summed E-state index contributed by atoms with van der Waals surface area (Å²) in [6.45, 7) is 0.845. The van der Waals surface area contributed by atoms with Crippen LogP contribution in [-0.4, -0.2) is 50.2 Å². The van der Waals surface area contributed by atoms with Crippen LogP contribution in [-0.2, 0) is 26.3 Å². The first kappa shape index (κ1) is 15.9. The second-order valence-electron chi connectivity index (χ2n) is 5.12. The molecule has 0 radical (unpaired) electrons. The van der Waals surface area contributed by atoms with Gasteiger partial charge in [0.15, 0.2) is 0 Å². The zero-order valence-electron chi connectivity index (χ0n) is 12.2. The predicted octanol–water partition coefficient (Wildman–Crippen LogP) is 0.858. The third-order valence-corrected chi connectivity index (χ3v) is 5.55. The van der Waals surface area contributed by atoms with Crippen LogP contribution in [0, 0.1) is 5.92 Å². The molecule has 1 saturated heterocycles. The Morgan fingerprint density at radius 3 is 2.67 bits per heavy atom. The Morgan fingerprint density at radius 1 is 1.38 bits per heavy atom. The summed E-state index contributed by atoms with van der Waals surface area (Å²) in [5.74, 6) is -0.715. The molecular weight excluding hydrogens is 292 g/mol. The highest BCUT2D eigenvalue weighted by Gasteiger charge is 2.37. The molecule has 116 valence electrons. The van der Waals surface area contributed by atoms with E-state index in [2.05, 4.69) is 4.74 Å². The fourth-order valence-corrected chi connectivity index (χ4v) is 3.83. The Hall–Kier alpha value is -1.44. The molecule has 1 atom stereocenters. The first-order valence-electron chi connectivity index (χ1n) is 6.78. The molecule has 0 aromatic heterocycles. The molecule has 1 heterocycles. The van der Waals surface area contributed by atoms with Crippen molar-refractivity contribution >= 4 is 16.2 Å². The molecule has 0 aliphatic carbocycles. The molecule has 1 unspecified atom stereocenters. The molecule has 0 N–H and O–H groups in total. The van der Waals surface area contributed by atoms with Crippen LogP contribution < -0.4 is 0 Å². The standard InChI is InChI=1S/C14H20N2O4S/c1-15(10-12-6-4-3-5-7-12)21(18,19)16-9-8-13(11-16)14(17)20-2/h3-7,13H,8-11H2,1-2H3. The number of esters is 1. The van der Waals surface area contributed by atoms with E-state index in [1.807, 2.05) is 30.3 Å². The van der Waals surface area contributed by atoms with Gasteiger partial charge in [-0.05, 0) is 12.0 Å². The summed E-state index contributed by atoms with van der Waals surface area (Å²) in [7, 11) is -0.683. The molecule has 0 bridgehead atoms. The summed E-state index contributed by atoms with van der Waals surface area (Å²) in [6.07, 6.45) is 0.505. The van der Waals surface area contributed by atoms with Crippen molar-refractivity contribution in [2.45, 2.75) is 13.0 Å². The Labute approximate surface area is 125 Å². The van der Waals surface area contributed by atoms with Crippen molar-refractivity contribution in [3.8, 4) is 0 Å². The van der Waals surface area contributed by atoms with Gasteiger partial charge in [-0.3, -0.25) is 4.79 Å². The van der Waals surface area contributed by atoms with Gasteiger partial charge in [0, 0.05) is 26.7 Å². The molecular formula is C14H20N2O4S. The summed E-state index contributed by atoms with van der Waals surface area (Å²) in [4.78, 5) is 11.5. The van der Waals surface area contributed by atoms with Gasteiger partial charge in [-0.1, -0.05) is 30.3 Å². The maximum Gasteiger partial charge on any atom is 0.310 e. The summed E-state index contributed by atoms with van der Waals surface area (Å²) in [6, 6.07) is 9.40. The van der Waals surface area contributed by atoms with Gasteiger partial charge in [0.25, 0.3) is 10.2 Å². The molecule has 7 heteroatoms. The van der Waals surface area contributed by atoms with E-state index in [-0.39, 0.29) is 18.4 Å². The van der Waals surface area contributed by atoms with E-state index in [0.717, 1.165) is 5.56 Å². The van der Waals surface area contributed by atoms with Crippen molar-refractivity contribution in [2.24, 2.45) is 5.92 Å². The predicted molar refractivity (Wildman–Crippen MR) is 78.5 cm³/mol. The number of benzene rings is 1. The van der Waals surface area contributed by atoms with Crippen LogP contribution in [0.25, 0.3) is 0 Å². The summed E-state index contributed by atoms with van der Waals surface area (Å²) < 4.78 is 32.3. The van der Waals surface area contributed by atoms with Gasteiger partial charge in [0.05, 0.1) is 13.0 Å². The number of nitrogens with zero attached hydrogens (tertiary/aromatic N) is 2. The van der Waals surface area contributed by atoms with Crippen molar-refractivity contribution in [2.75, 3.05) is 27.2 Å². The highest BCUT2D eigenvalue weighted by atomic mass is 32.2. The molecule has 6 nitrogen and oxygen atoms in total. The van der Waals surface area contributed by atoms with Crippen LogP contribution in [0.1, 0.15) is 12.0 Å². The molecule has 2 rings (SSSR count). The fourth-order valence-electron chi connectivity index (χ4n) is 2.42. The second-order valence-corrected chi connectivity index (χ2v) is 7.15. The minimum atomic E-state index is -3.55. The molecule has 1 aliphatic heterocycles. The SMILES string of the molecule is COC(=O)C1CCN(S(=O)(=O)N(C)Cc2ccccc2)C1. The minimum absolute atomic E-state index is 0.189. The lowest BCUT2D eigenvalue weighted by Gasteiger charge is -2.24. The van der Waals surface area contributed by atoms with Crippen molar-refractivity contribution in [3.05, 3.63) is 35.9 Å². The van der Waals surface area contributed by atoms with Gasteiger partial charge >= 0.3 is 5.97 Å². The monoisotopic (exact) mass is 312 g/mol. The van der Waals surface area contributed by atoms with Gasteiger partial charge in [-0.25, -0.2) is 0 Å². The third kappa shape index (κ3) is 3.61. The van der Waals surface area contributed by atoms with Crippen LogP contribution >= 0.6 is 0 Å². The molecule has 1 aromatic rings. The highest BCUT2D eigenvalue weighted by molar-refractivity contribution is 7.86. The summed E-state index contributed by atoms with van der Waals surface area (Å²) in [5.41, 5.74) is 0.923.